The molecule has 0 saturated carbocycles. The van der Waals surface area contributed by atoms with Crippen LogP contribution in [0, 0.1) is 0 Å². The van der Waals surface area contributed by atoms with Gasteiger partial charge < -0.3 is 0 Å². The molecule has 0 heteroatoms. The number of fused-ring (bicyclic) bond motifs is 7. The summed E-state index contributed by atoms with van der Waals surface area (Å²) in [6, 6.07) is 35.6. The first kappa shape index (κ1) is 13.9. The third-order valence-corrected chi connectivity index (χ3v) is 5.56. The quantitative estimate of drug-likeness (QED) is 0.200. The highest BCUT2D eigenvalue weighted by Crippen LogP contribution is 2.33. The molecule has 0 amide bonds. The maximum absolute atomic E-state index is 2.36. The Bertz CT molecular complexity index is 1360. The van der Waals surface area contributed by atoms with Gasteiger partial charge in [0.25, 0.3) is 0 Å². The molecule has 6 rings (SSSR count). The van der Waals surface area contributed by atoms with Crippen molar-refractivity contribution in [1.29, 1.82) is 0 Å². The van der Waals surface area contributed by atoms with E-state index in [1.54, 1.807) is 0 Å². The predicted molar refractivity (Wildman–Crippen MR) is 114 cm³/mol. The first-order chi connectivity index (χ1) is 12.9. The standard InChI is InChI=1S/C26H16/c1-3-7-23-17(5-1)9-11-19-13-21-14-20-12-10-18-6-2-4-8-24(18)26(20)16-22(21)15-25(19)23/h1-16H. The van der Waals surface area contributed by atoms with E-state index in [1.165, 1.54) is 53.9 Å². The molecule has 0 spiro atoms. The molecule has 0 aliphatic rings. The Kier molecular flexibility index (Phi) is 2.70. The zero-order chi connectivity index (χ0) is 17.1. The number of benzene rings is 6. The molecule has 6 aromatic rings. The summed E-state index contributed by atoms with van der Waals surface area (Å²) in [6.07, 6.45) is 0. The first-order valence-corrected chi connectivity index (χ1v) is 9.04. The summed E-state index contributed by atoms with van der Waals surface area (Å²) in [7, 11) is 0. The molecule has 0 aromatic heterocycles. The van der Waals surface area contributed by atoms with Crippen molar-refractivity contribution in [2.45, 2.75) is 0 Å². The van der Waals surface area contributed by atoms with E-state index < -0.39 is 0 Å². The van der Waals surface area contributed by atoms with Crippen molar-refractivity contribution in [2.24, 2.45) is 0 Å². The Morgan fingerprint density at radius 2 is 0.692 bits per heavy atom. The van der Waals surface area contributed by atoms with Crippen molar-refractivity contribution in [2.75, 3.05) is 0 Å². The van der Waals surface area contributed by atoms with Gasteiger partial charge in [-0.3, -0.25) is 0 Å². The van der Waals surface area contributed by atoms with Gasteiger partial charge in [0.2, 0.25) is 0 Å². The van der Waals surface area contributed by atoms with E-state index in [2.05, 4.69) is 97.1 Å². The van der Waals surface area contributed by atoms with Gasteiger partial charge in [0.05, 0.1) is 0 Å². The van der Waals surface area contributed by atoms with E-state index in [1.807, 2.05) is 0 Å². The van der Waals surface area contributed by atoms with Crippen LogP contribution in [0.1, 0.15) is 0 Å². The molecule has 0 bridgehead atoms. The smallest absolute Gasteiger partial charge is 0.00990 e. The summed E-state index contributed by atoms with van der Waals surface area (Å²) >= 11 is 0. The van der Waals surface area contributed by atoms with Gasteiger partial charge in [-0.2, -0.15) is 0 Å². The van der Waals surface area contributed by atoms with Gasteiger partial charge in [-0.1, -0.05) is 72.8 Å². The molecule has 0 unspecified atom stereocenters. The molecule has 0 N–H and O–H groups in total. The Labute approximate surface area is 151 Å². The third kappa shape index (κ3) is 1.90. The van der Waals surface area contributed by atoms with Gasteiger partial charge in [-0.25, -0.2) is 0 Å². The summed E-state index contributed by atoms with van der Waals surface area (Å²) in [4.78, 5) is 0. The van der Waals surface area contributed by atoms with Crippen molar-refractivity contribution in [3.05, 3.63) is 97.1 Å². The van der Waals surface area contributed by atoms with Crippen molar-refractivity contribution >= 4 is 53.9 Å². The fourth-order valence-electron chi connectivity index (χ4n) is 4.26. The largest absolute Gasteiger partial charge is 0.0616 e. The summed E-state index contributed by atoms with van der Waals surface area (Å²) in [5.74, 6) is 0. The van der Waals surface area contributed by atoms with Crippen LogP contribution < -0.4 is 0 Å². The van der Waals surface area contributed by atoms with E-state index in [0.717, 1.165) is 0 Å². The summed E-state index contributed by atoms with van der Waals surface area (Å²) in [6.45, 7) is 0. The van der Waals surface area contributed by atoms with Crippen LogP contribution in [0.15, 0.2) is 97.1 Å². The summed E-state index contributed by atoms with van der Waals surface area (Å²) in [5.41, 5.74) is 0. The molecule has 0 atom stereocenters. The van der Waals surface area contributed by atoms with Gasteiger partial charge in [0.1, 0.15) is 0 Å². The molecule has 0 saturated heterocycles. The topological polar surface area (TPSA) is 0 Å². The zero-order valence-electron chi connectivity index (χ0n) is 14.2. The van der Waals surface area contributed by atoms with Gasteiger partial charge >= 0.3 is 0 Å². The van der Waals surface area contributed by atoms with Gasteiger partial charge in [-0.15, -0.1) is 0 Å². The van der Waals surface area contributed by atoms with Crippen molar-refractivity contribution in [3.8, 4) is 0 Å². The predicted octanol–water partition coefficient (Wildman–Crippen LogP) is 7.45. The average molecular weight is 328 g/mol. The Morgan fingerprint density at radius 3 is 1.23 bits per heavy atom. The van der Waals surface area contributed by atoms with Crippen LogP contribution in [-0.4, -0.2) is 0 Å². The molecular formula is C26H16. The van der Waals surface area contributed by atoms with Crippen LogP contribution >= 0.6 is 0 Å². The molecule has 6 aromatic carbocycles. The van der Waals surface area contributed by atoms with Crippen LogP contribution in [0.3, 0.4) is 0 Å². The number of rotatable bonds is 0. The van der Waals surface area contributed by atoms with E-state index >= 15 is 0 Å². The summed E-state index contributed by atoms with van der Waals surface area (Å²) in [5, 5.41) is 13.1. The lowest BCUT2D eigenvalue weighted by atomic mass is 9.95. The van der Waals surface area contributed by atoms with Crippen LogP contribution in [-0.2, 0) is 0 Å². The van der Waals surface area contributed by atoms with Gasteiger partial charge in [-0.05, 0) is 78.1 Å². The van der Waals surface area contributed by atoms with Crippen LogP contribution in [0.25, 0.3) is 53.9 Å². The van der Waals surface area contributed by atoms with Crippen LogP contribution in [0.5, 0.6) is 0 Å². The fourth-order valence-corrected chi connectivity index (χ4v) is 4.26. The molecule has 0 aliphatic carbocycles. The third-order valence-electron chi connectivity index (χ3n) is 5.56. The normalized spacial score (nSPS) is 11.8. The highest BCUT2D eigenvalue weighted by Gasteiger charge is 2.06. The monoisotopic (exact) mass is 328 g/mol. The maximum Gasteiger partial charge on any atom is -0.00990 e. The molecule has 0 nitrogen and oxygen atoms in total. The van der Waals surface area contributed by atoms with Gasteiger partial charge in [0.15, 0.2) is 0 Å². The molecule has 0 fully saturated rings. The zero-order valence-corrected chi connectivity index (χ0v) is 14.2. The van der Waals surface area contributed by atoms with Gasteiger partial charge in [0, 0.05) is 0 Å². The number of hydrogen-bond acceptors (Lipinski definition) is 0. The average Bonchev–Trinajstić information content (AvgIpc) is 2.71. The first-order valence-electron chi connectivity index (χ1n) is 9.04. The second-order valence-electron chi connectivity index (χ2n) is 7.07. The van der Waals surface area contributed by atoms with Crippen LogP contribution in [0.2, 0.25) is 0 Å². The Balaban J connectivity index is 1.80. The highest BCUT2D eigenvalue weighted by molar-refractivity contribution is 6.16. The van der Waals surface area contributed by atoms with Crippen LogP contribution in [0.4, 0.5) is 0 Å². The molecule has 0 aliphatic heterocycles. The molecular weight excluding hydrogens is 312 g/mol. The van der Waals surface area contributed by atoms with E-state index in [-0.39, 0.29) is 0 Å². The van der Waals surface area contributed by atoms with Crippen molar-refractivity contribution in [3.63, 3.8) is 0 Å². The van der Waals surface area contributed by atoms with E-state index in [0.29, 0.717) is 0 Å². The molecule has 26 heavy (non-hydrogen) atoms. The molecule has 0 radical (unpaired) electrons. The second kappa shape index (κ2) is 5.06. The highest BCUT2D eigenvalue weighted by atomic mass is 14.1. The Morgan fingerprint density at radius 1 is 0.269 bits per heavy atom. The Hall–Kier alpha value is -3.38. The van der Waals surface area contributed by atoms with Crippen molar-refractivity contribution in [1.82, 2.24) is 0 Å². The van der Waals surface area contributed by atoms with Crippen molar-refractivity contribution < 1.29 is 0 Å². The second-order valence-corrected chi connectivity index (χ2v) is 7.07. The minimum absolute atomic E-state index is 1.30. The lowest BCUT2D eigenvalue weighted by Gasteiger charge is -2.09. The number of hydrogen-bond donors (Lipinski definition) is 0. The molecule has 120 valence electrons. The minimum atomic E-state index is 1.30. The fraction of sp³-hybridized carbons (Fsp3) is 0. The minimum Gasteiger partial charge on any atom is -0.0616 e. The molecule has 0 heterocycles. The lowest BCUT2D eigenvalue weighted by molar-refractivity contribution is 1.78. The SMILES string of the molecule is c1ccc2c(c1)ccc1cc3cc4ccc5ccccc5c4cc3cc12. The van der Waals surface area contributed by atoms with E-state index in [9.17, 15) is 0 Å². The summed E-state index contributed by atoms with van der Waals surface area (Å²) < 4.78 is 0. The lowest BCUT2D eigenvalue weighted by Crippen LogP contribution is -1.82. The van der Waals surface area contributed by atoms with E-state index in [4.69, 9.17) is 0 Å². The maximum atomic E-state index is 2.36.